The van der Waals surface area contributed by atoms with Crippen LogP contribution in [0.3, 0.4) is 0 Å². The van der Waals surface area contributed by atoms with E-state index in [-0.39, 0.29) is 24.0 Å². The summed E-state index contributed by atoms with van der Waals surface area (Å²) < 4.78 is 0. The van der Waals surface area contributed by atoms with E-state index in [2.05, 4.69) is 93.0 Å². The van der Waals surface area contributed by atoms with Crippen LogP contribution >= 0.6 is 24.0 Å². The van der Waals surface area contributed by atoms with Crippen LogP contribution < -0.4 is 15.5 Å². The number of likely N-dealkylation sites (tertiary alicyclic amines) is 1. The minimum absolute atomic E-state index is 0. The standard InChI is InChI=1S/C26H35N5.HI/c1-21-8-3-4-10-23(21)20-30-16-12-24(13-17-30)29-26(27-2)28-19-22-9-7-11-25(18-22)31-14-5-6-15-31;/h3-11,18,24H,12-17,19-20H2,1-2H3,(H2,27,28,29);1H. The molecule has 2 aromatic carbocycles. The summed E-state index contributed by atoms with van der Waals surface area (Å²) >= 11 is 0. The number of anilines is 1. The van der Waals surface area contributed by atoms with Crippen LogP contribution in [0, 0.1) is 6.92 Å². The summed E-state index contributed by atoms with van der Waals surface area (Å²) in [5.41, 5.74) is 5.39. The number of hydrogen-bond acceptors (Lipinski definition) is 3. The number of piperidine rings is 1. The molecule has 2 aromatic rings. The Morgan fingerprint density at radius 2 is 1.78 bits per heavy atom. The second-order valence-corrected chi connectivity index (χ2v) is 8.59. The van der Waals surface area contributed by atoms with Gasteiger partial charge in [0.05, 0.1) is 0 Å². The van der Waals surface area contributed by atoms with Crippen LogP contribution in [-0.2, 0) is 13.1 Å². The van der Waals surface area contributed by atoms with E-state index in [0.717, 1.165) is 58.1 Å². The van der Waals surface area contributed by atoms with Crippen molar-refractivity contribution >= 4 is 35.6 Å². The van der Waals surface area contributed by atoms with Gasteiger partial charge in [-0.15, -0.1) is 24.0 Å². The van der Waals surface area contributed by atoms with Gasteiger partial charge in [-0.05, 0) is 48.6 Å². The van der Waals surface area contributed by atoms with Gasteiger partial charge >= 0.3 is 0 Å². The molecule has 0 atom stereocenters. The van der Waals surface area contributed by atoms with Gasteiger partial charge in [-0.3, -0.25) is 9.89 Å². The van der Waals surface area contributed by atoms with Gasteiger partial charge in [0, 0.05) is 58.0 Å². The maximum atomic E-state index is 4.46. The monoisotopic (exact) mass is 545 g/mol. The number of nitrogens with zero attached hydrogens (tertiary/aromatic N) is 3. The van der Waals surface area contributed by atoms with E-state index in [1.807, 2.05) is 7.05 Å². The Balaban J connectivity index is 0.00000289. The topological polar surface area (TPSA) is 42.9 Å². The van der Waals surface area contributed by atoms with Crippen molar-refractivity contribution in [2.75, 3.05) is 38.1 Å². The van der Waals surface area contributed by atoms with E-state index in [1.54, 1.807) is 0 Å². The van der Waals surface area contributed by atoms with Gasteiger partial charge in [0.15, 0.2) is 5.96 Å². The highest BCUT2D eigenvalue weighted by molar-refractivity contribution is 14.0. The van der Waals surface area contributed by atoms with E-state index in [1.165, 1.54) is 22.4 Å². The molecular formula is C26H36IN5. The van der Waals surface area contributed by atoms with Gasteiger partial charge in [-0.25, -0.2) is 0 Å². The molecule has 0 saturated carbocycles. The average Bonchev–Trinajstić information content (AvgIpc) is 3.35. The third-order valence-corrected chi connectivity index (χ3v) is 6.36. The number of hydrogen-bond donors (Lipinski definition) is 2. The molecule has 0 aromatic heterocycles. The molecule has 4 rings (SSSR count). The molecule has 2 aliphatic heterocycles. The molecule has 5 nitrogen and oxygen atoms in total. The number of nitrogens with one attached hydrogen (secondary N) is 2. The molecule has 6 heteroatoms. The predicted molar refractivity (Wildman–Crippen MR) is 146 cm³/mol. The zero-order chi connectivity index (χ0) is 21.5. The Labute approximate surface area is 210 Å². The molecule has 0 unspecified atom stereocenters. The maximum absolute atomic E-state index is 4.46. The Kier molecular flexibility index (Phi) is 9.41. The largest absolute Gasteiger partial charge is 0.364 e. The van der Waals surface area contributed by atoms with Gasteiger partial charge in [-0.1, -0.05) is 48.6 Å². The summed E-state index contributed by atoms with van der Waals surface area (Å²) in [6.07, 6.45) is 6.74. The quantitative estimate of drug-likeness (QED) is 0.246. The third kappa shape index (κ3) is 6.72. The number of benzene rings is 2. The summed E-state index contributed by atoms with van der Waals surface area (Å²) in [6.45, 7) is 8.28. The third-order valence-electron chi connectivity index (χ3n) is 6.36. The summed E-state index contributed by atoms with van der Waals surface area (Å²) in [5.74, 6) is 0.894. The lowest BCUT2D eigenvalue weighted by Gasteiger charge is -2.33. The Hall–Kier alpha value is -2.06. The van der Waals surface area contributed by atoms with Crippen LogP contribution in [0.5, 0.6) is 0 Å². The molecule has 1 saturated heterocycles. The molecule has 2 heterocycles. The number of guanidine groups is 1. The molecule has 0 amide bonds. The zero-order valence-electron chi connectivity index (χ0n) is 19.3. The average molecular weight is 546 g/mol. The van der Waals surface area contributed by atoms with E-state index < -0.39 is 0 Å². The lowest BCUT2D eigenvalue weighted by atomic mass is 10.0. The summed E-state index contributed by atoms with van der Waals surface area (Å²) in [4.78, 5) is 9.40. The lowest BCUT2D eigenvalue weighted by molar-refractivity contribution is 0.198. The molecule has 0 bridgehead atoms. The Bertz CT molecular complexity index is 910. The smallest absolute Gasteiger partial charge is 0.191 e. The SMILES string of the molecule is CN=C(NCc1cccc(N2CC=CC2)c1)NC1CCN(Cc2ccccc2C)CC1.I. The first-order valence-corrected chi connectivity index (χ1v) is 11.4. The van der Waals surface area contributed by atoms with Crippen molar-refractivity contribution in [3.05, 3.63) is 77.4 Å². The van der Waals surface area contributed by atoms with Gasteiger partial charge in [0.2, 0.25) is 0 Å². The van der Waals surface area contributed by atoms with Gasteiger partial charge < -0.3 is 15.5 Å². The minimum Gasteiger partial charge on any atom is -0.364 e. The van der Waals surface area contributed by atoms with Crippen LogP contribution in [0.15, 0.2) is 65.7 Å². The van der Waals surface area contributed by atoms with Crippen molar-refractivity contribution in [2.45, 2.75) is 38.9 Å². The first-order valence-electron chi connectivity index (χ1n) is 11.4. The number of aryl methyl sites for hydroxylation is 1. The van der Waals surface area contributed by atoms with Gasteiger partial charge in [0.25, 0.3) is 0 Å². The van der Waals surface area contributed by atoms with Gasteiger partial charge in [0.1, 0.15) is 0 Å². The fourth-order valence-electron chi connectivity index (χ4n) is 4.39. The number of aliphatic imine (C=N–C) groups is 1. The molecular weight excluding hydrogens is 509 g/mol. The Morgan fingerprint density at radius 1 is 1.03 bits per heavy atom. The highest BCUT2D eigenvalue weighted by atomic mass is 127. The minimum atomic E-state index is 0. The van der Waals surface area contributed by atoms with E-state index >= 15 is 0 Å². The van der Waals surface area contributed by atoms with Crippen molar-refractivity contribution in [3.63, 3.8) is 0 Å². The molecule has 2 N–H and O–H groups in total. The van der Waals surface area contributed by atoms with Crippen molar-refractivity contribution in [1.82, 2.24) is 15.5 Å². The molecule has 1 fully saturated rings. The first-order chi connectivity index (χ1) is 15.2. The summed E-state index contributed by atoms with van der Waals surface area (Å²) in [6, 6.07) is 18.0. The van der Waals surface area contributed by atoms with Crippen molar-refractivity contribution in [2.24, 2.45) is 4.99 Å². The number of halogens is 1. The highest BCUT2D eigenvalue weighted by Gasteiger charge is 2.20. The maximum Gasteiger partial charge on any atom is 0.191 e. The molecule has 172 valence electrons. The fourth-order valence-corrected chi connectivity index (χ4v) is 4.39. The zero-order valence-corrected chi connectivity index (χ0v) is 21.6. The van der Waals surface area contributed by atoms with Crippen LogP contribution in [0.4, 0.5) is 5.69 Å². The first kappa shape index (κ1) is 24.6. The summed E-state index contributed by atoms with van der Waals surface area (Å²) in [5, 5.41) is 7.13. The van der Waals surface area contributed by atoms with Crippen LogP contribution in [0.2, 0.25) is 0 Å². The molecule has 0 aliphatic carbocycles. The summed E-state index contributed by atoms with van der Waals surface area (Å²) in [7, 11) is 1.86. The molecule has 32 heavy (non-hydrogen) atoms. The second-order valence-electron chi connectivity index (χ2n) is 8.59. The van der Waals surface area contributed by atoms with Crippen molar-refractivity contribution in [3.8, 4) is 0 Å². The van der Waals surface area contributed by atoms with E-state index in [9.17, 15) is 0 Å². The van der Waals surface area contributed by atoms with Crippen molar-refractivity contribution in [1.29, 1.82) is 0 Å². The Morgan fingerprint density at radius 3 is 2.50 bits per heavy atom. The van der Waals surface area contributed by atoms with E-state index in [4.69, 9.17) is 0 Å². The number of rotatable bonds is 6. The second kappa shape index (κ2) is 12.3. The lowest BCUT2D eigenvalue weighted by Crippen LogP contribution is -2.48. The highest BCUT2D eigenvalue weighted by Crippen LogP contribution is 2.19. The predicted octanol–water partition coefficient (Wildman–Crippen LogP) is 4.32. The van der Waals surface area contributed by atoms with Gasteiger partial charge in [-0.2, -0.15) is 0 Å². The van der Waals surface area contributed by atoms with Crippen LogP contribution in [-0.4, -0.2) is 50.1 Å². The van der Waals surface area contributed by atoms with Crippen molar-refractivity contribution < 1.29 is 0 Å². The van der Waals surface area contributed by atoms with E-state index in [0.29, 0.717) is 6.04 Å². The fraction of sp³-hybridized carbons (Fsp3) is 0.423. The normalized spacial score (nSPS) is 17.3. The molecule has 0 spiro atoms. The van der Waals surface area contributed by atoms with Crippen LogP contribution in [0.1, 0.15) is 29.5 Å². The van der Waals surface area contributed by atoms with Crippen LogP contribution in [0.25, 0.3) is 0 Å². The molecule has 0 radical (unpaired) electrons. The molecule has 2 aliphatic rings.